The molecule has 0 fully saturated rings. The number of hydrogen-bond donors (Lipinski definition) is 2. The number of aromatic nitrogens is 3. The molecule has 2 aromatic rings. The molecule has 0 aliphatic rings. The van der Waals surface area contributed by atoms with Crippen LogP contribution in [0.4, 0.5) is 5.69 Å². The molecule has 0 bridgehead atoms. The van der Waals surface area contributed by atoms with Crippen molar-refractivity contribution in [2.24, 2.45) is 5.73 Å². The van der Waals surface area contributed by atoms with Crippen molar-refractivity contribution in [2.45, 2.75) is 18.4 Å². The number of nitrogens with zero attached hydrogens (tertiary/aromatic N) is 3. The minimum absolute atomic E-state index is 0.108. The number of nitrogens with two attached hydrogens (primary N) is 1. The minimum atomic E-state index is -3.64. The van der Waals surface area contributed by atoms with Crippen LogP contribution < -0.4 is 10.5 Å². The van der Waals surface area contributed by atoms with Gasteiger partial charge in [0.2, 0.25) is 0 Å². The molecule has 0 amide bonds. The lowest BCUT2D eigenvalue weighted by Gasteiger charge is -2.08. The number of anilines is 1. The van der Waals surface area contributed by atoms with Gasteiger partial charge in [-0.1, -0.05) is 0 Å². The SMILES string of the molecule is Cc1cnccc1NS(=O)(=O)c1cnn(CCN)c1. The fourth-order valence-corrected chi connectivity index (χ4v) is 2.61. The van der Waals surface area contributed by atoms with Crippen LogP contribution in [0, 0.1) is 6.92 Å². The molecule has 0 radical (unpaired) electrons. The van der Waals surface area contributed by atoms with E-state index in [-0.39, 0.29) is 4.90 Å². The van der Waals surface area contributed by atoms with E-state index in [1.54, 1.807) is 19.2 Å². The number of hydrogen-bond acceptors (Lipinski definition) is 5. The van der Waals surface area contributed by atoms with E-state index in [1.807, 2.05) is 0 Å². The first-order valence-electron chi connectivity index (χ1n) is 5.69. The van der Waals surface area contributed by atoms with Gasteiger partial charge in [0.05, 0.1) is 18.4 Å². The van der Waals surface area contributed by atoms with Crippen molar-refractivity contribution >= 4 is 15.7 Å². The quantitative estimate of drug-likeness (QED) is 0.823. The second kappa shape index (κ2) is 5.37. The lowest BCUT2D eigenvalue weighted by molar-refractivity contribution is 0.599. The molecule has 2 aromatic heterocycles. The van der Waals surface area contributed by atoms with Gasteiger partial charge in [-0.25, -0.2) is 8.42 Å². The number of aryl methyl sites for hydroxylation is 1. The highest BCUT2D eigenvalue weighted by molar-refractivity contribution is 7.92. The zero-order chi connectivity index (χ0) is 13.9. The third kappa shape index (κ3) is 3.09. The molecule has 7 nitrogen and oxygen atoms in total. The summed E-state index contributed by atoms with van der Waals surface area (Å²) < 4.78 is 28.3. The Bertz CT molecular complexity index is 665. The van der Waals surface area contributed by atoms with Gasteiger partial charge in [0, 0.05) is 25.1 Å². The third-order valence-electron chi connectivity index (χ3n) is 2.54. The molecule has 0 atom stereocenters. The number of sulfonamides is 1. The van der Waals surface area contributed by atoms with Crippen LogP contribution >= 0.6 is 0 Å². The fourth-order valence-electron chi connectivity index (χ4n) is 1.53. The summed E-state index contributed by atoms with van der Waals surface area (Å²) in [6.45, 7) is 2.66. The summed E-state index contributed by atoms with van der Waals surface area (Å²) in [6.07, 6.45) is 5.87. The second-order valence-electron chi connectivity index (χ2n) is 4.02. The summed E-state index contributed by atoms with van der Waals surface area (Å²) >= 11 is 0. The van der Waals surface area contributed by atoms with Gasteiger partial charge in [-0.15, -0.1) is 0 Å². The van der Waals surface area contributed by atoms with Crippen molar-refractivity contribution in [1.29, 1.82) is 0 Å². The predicted molar refractivity (Wildman–Crippen MR) is 71.1 cm³/mol. The molecule has 0 saturated heterocycles. The van der Waals surface area contributed by atoms with Gasteiger partial charge in [-0.05, 0) is 18.6 Å². The molecule has 2 rings (SSSR count). The van der Waals surface area contributed by atoms with Gasteiger partial charge < -0.3 is 5.73 Å². The molecule has 0 spiro atoms. The summed E-state index contributed by atoms with van der Waals surface area (Å²) in [5.41, 5.74) is 6.64. The van der Waals surface area contributed by atoms with Crippen molar-refractivity contribution < 1.29 is 8.42 Å². The van der Waals surface area contributed by atoms with Crippen molar-refractivity contribution in [2.75, 3.05) is 11.3 Å². The Hall–Kier alpha value is -1.93. The Morgan fingerprint density at radius 1 is 1.42 bits per heavy atom. The van der Waals surface area contributed by atoms with Gasteiger partial charge in [-0.3, -0.25) is 14.4 Å². The maximum absolute atomic E-state index is 12.2. The molecule has 8 heteroatoms. The third-order valence-corrected chi connectivity index (χ3v) is 3.86. The van der Waals surface area contributed by atoms with Crippen molar-refractivity contribution in [3.05, 3.63) is 36.4 Å². The Balaban J connectivity index is 2.25. The highest BCUT2D eigenvalue weighted by Crippen LogP contribution is 2.17. The van der Waals surface area contributed by atoms with Crippen LogP contribution in [0.3, 0.4) is 0 Å². The molecule has 0 aliphatic carbocycles. The lowest BCUT2D eigenvalue weighted by atomic mass is 10.3. The number of pyridine rings is 1. The molecule has 0 unspecified atom stereocenters. The standard InChI is InChI=1S/C11H15N5O2S/c1-9-6-13-4-2-11(9)15-19(17,18)10-7-14-16(8-10)5-3-12/h2,4,6-8H,3,5,12H2,1H3,(H,13,15). The van der Waals surface area contributed by atoms with E-state index >= 15 is 0 Å². The van der Waals surface area contributed by atoms with Gasteiger partial charge in [-0.2, -0.15) is 5.10 Å². The molecule has 0 aromatic carbocycles. The zero-order valence-corrected chi connectivity index (χ0v) is 11.3. The molecule has 19 heavy (non-hydrogen) atoms. The molecule has 3 N–H and O–H groups in total. The van der Waals surface area contributed by atoms with Crippen LogP contribution in [0.15, 0.2) is 35.7 Å². The van der Waals surface area contributed by atoms with Crippen LogP contribution in [-0.2, 0) is 16.6 Å². The van der Waals surface area contributed by atoms with E-state index in [0.29, 0.717) is 18.8 Å². The first kappa shape index (κ1) is 13.5. The van der Waals surface area contributed by atoms with E-state index in [2.05, 4.69) is 14.8 Å². The van der Waals surface area contributed by atoms with E-state index in [4.69, 9.17) is 5.73 Å². The molecule has 2 heterocycles. The normalized spacial score (nSPS) is 11.5. The highest BCUT2D eigenvalue weighted by Gasteiger charge is 2.17. The first-order valence-corrected chi connectivity index (χ1v) is 7.17. The van der Waals surface area contributed by atoms with Crippen LogP contribution in [0.2, 0.25) is 0 Å². The summed E-state index contributed by atoms with van der Waals surface area (Å²) in [4.78, 5) is 4.02. The van der Waals surface area contributed by atoms with Crippen molar-refractivity contribution in [3.8, 4) is 0 Å². The van der Waals surface area contributed by atoms with Gasteiger partial charge in [0.25, 0.3) is 10.0 Å². The van der Waals surface area contributed by atoms with Crippen LogP contribution in [0.25, 0.3) is 0 Å². The average molecular weight is 281 g/mol. The Labute approximate surface area is 111 Å². The zero-order valence-electron chi connectivity index (χ0n) is 10.4. The van der Waals surface area contributed by atoms with Crippen LogP contribution in [0.1, 0.15) is 5.56 Å². The second-order valence-corrected chi connectivity index (χ2v) is 5.71. The fraction of sp³-hybridized carbons (Fsp3) is 0.273. The van der Waals surface area contributed by atoms with E-state index in [9.17, 15) is 8.42 Å². The molecule has 0 saturated carbocycles. The number of rotatable bonds is 5. The topological polar surface area (TPSA) is 103 Å². The molecular formula is C11H15N5O2S. The first-order chi connectivity index (χ1) is 9.03. The maximum atomic E-state index is 12.2. The Morgan fingerprint density at radius 3 is 2.89 bits per heavy atom. The molecule has 0 aliphatic heterocycles. The smallest absolute Gasteiger partial charge is 0.265 e. The van der Waals surface area contributed by atoms with Crippen LogP contribution in [-0.4, -0.2) is 29.7 Å². The molecular weight excluding hydrogens is 266 g/mol. The summed E-state index contributed by atoms with van der Waals surface area (Å²) in [5, 5.41) is 3.94. The maximum Gasteiger partial charge on any atom is 0.265 e. The largest absolute Gasteiger partial charge is 0.329 e. The van der Waals surface area contributed by atoms with Gasteiger partial charge in [0.1, 0.15) is 4.90 Å². The highest BCUT2D eigenvalue weighted by atomic mass is 32.2. The van der Waals surface area contributed by atoms with Crippen molar-refractivity contribution in [3.63, 3.8) is 0 Å². The summed E-state index contributed by atoms with van der Waals surface area (Å²) in [5.74, 6) is 0. The van der Waals surface area contributed by atoms with Crippen molar-refractivity contribution in [1.82, 2.24) is 14.8 Å². The average Bonchev–Trinajstić information content (AvgIpc) is 2.82. The Morgan fingerprint density at radius 2 is 2.21 bits per heavy atom. The van der Waals surface area contributed by atoms with E-state index in [1.165, 1.54) is 23.3 Å². The minimum Gasteiger partial charge on any atom is -0.329 e. The Kier molecular flexibility index (Phi) is 3.82. The number of nitrogens with one attached hydrogen (secondary N) is 1. The summed E-state index contributed by atoms with van der Waals surface area (Å²) in [7, 11) is -3.64. The lowest BCUT2D eigenvalue weighted by Crippen LogP contribution is -2.13. The van der Waals surface area contributed by atoms with Crippen LogP contribution in [0.5, 0.6) is 0 Å². The predicted octanol–water partition coefficient (Wildman–Crippen LogP) is 0.346. The molecule has 102 valence electrons. The summed E-state index contributed by atoms with van der Waals surface area (Å²) in [6, 6.07) is 1.61. The van der Waals surface area contributed by atoms with E-state index < -0.39 is 10.0 Å². The van der Waals surface area contributed by atoms with Gasteiger partial charge >= 0.3 is 0 Å². The monoisotopic (exact) mass is 281 g/mol. The van der Waals surface area contributed by atoms with E-state index in [0.717, 1.165) is 5.56 Å². The van der Waals surface area contributed by atoms with Gasteiger partial charge in [0.15, 0.2) is 0 Å².